The minimum Gasteiger partial charge on any atom is -0.488 e. The molecule has 1 aliphatic rings. The number of rotatable bonds is 6. The molecule has 3 aromatic carbocycles. The summed E-state index contributed by atoms with van der Waals surface area (Å²) in [6, 6.07) is 15.5. The van der Waals surface area contributed by atoms with Crippen molar-refractivity contribution in [3.8, 4) is 17.2 Å². The molecular weight excluding hydrogens is 404 g/mol. The molecule has 1 aliphatic heterocycles. The molecule has 0 aromatic heterocycles. The van der Waals surface area contributed by atoms with Gasteiger partial charge in [0.1, 0.15) is 18.2 Å². The summed E-state index contributed by atoms with van der Waals surface area (Å²) in [5.74, 6) is 1.61. The summed E-state index contributed by atoms with van der Waals surface area (Å²) in [4.78, 5) is 0. The van der Waals surface area contributed by atoms with Crippen molar-refractivity contribution < 1.29 is 18.6 Å². The van der Waals surface area contributed by atoms with Crippen molar-refractivity contribution in [2.75, 3.05) is 12.1 Å². The zero-order chi connectivity index (χ0) is 19.5. The molecule has 0 radical (unpaired) electrons. The van der Waals surface area contributed by atoms with E-state index in [0.717, 1.165) is 17.0 Å². The maximum Gasteiger partial charge on any atom is 0.231 e. The largest absolute Gasteiger partial charge is 0.488 e. The topological polar surface area (TPSA) is 39.7 Å². The lowest BCUT2D eigenvalue weighted by Gasteiger charge is -2.14. The van der Waals surface area contributed by atoms with Crippen LogP contribution in [0.15, 0.2) is 54.6 Å². The average molecular weight is 420 g/mol. The standard InChI is InChI=1S/C21H16Cl2FNO3/c22-14-4-6-19(26-11-16-17(23)2-1-3-18(16)24)13(8-14)10-25-15-5-7-20-21(9-15)28-12-27-20/h1-9,25H,10-12H2. The highest BCUT2D eigenvalue weighted by molar-refractivity contribution is 6.31. The van der Waals surface area contributed by atoms with Crippen LogP contribution in [0.4, 0.5) is 10.1 Å². The van der Waals surface area contributed by atoms with Crippen LogP contribution in [0.25, 0.3) is 0 Å². The van der Waals surface area contributed by atoms with Gasteiger partial charge in [-0.1, -0.05) is 29.3 Å². The number of fused-ring (bicyclic) bond motifs is 1. The minimum atomic E-state index is -0.401. The Morgan fingerprint density at radius 3 is 2.71 bits per heavy atom. The van der Waals surface area contributed by atoms with E-state index in [1.165, 1.54) is 6.07 Å². The normalized spacial score (nSPS) is 12.1. The highest BCUT2D eigenvalue weighted by Crippen LogP contribution is 2.34. The summed E-state index contributed by atoms with van der Waals surface area (Å²) in [7, 11) is 0. The molecule has 4 rings (SSSR count). The fourth-order valence-electron chi connectivity index (χ4n) is 2.85. The van der Waals surface area contributed by atoms with Crippen molar-refractivity contribution in [1.82, 2.24) is 0 Å². The van der Waals surface area contributed by atoms with E-state index in [9.17, 15) is 4.39 Å². The molecule has 1 N–H and O–H groups in total. The van der Waals surface area contributed by atoms with E-state index >= 15 is 0 Å². The van der Waals surface area contributed by atoms with E-state index < -0.39 is 5.82 Å². The molecule has 144 valence electrons. The van der Waals surface area contributed by atoms with Crippen molar-refractivity contribution >= 4 is 28.9 Å². The zero-order valence-electron chi connectivity index (χ0n) is 14.7. The molecule has 4 nitrogen and oxygen atoms in total. The first-order valence-electron chi connectivity index (χ1n) is 8.58. The van der Waals surface area contributed by atoms with Crippen LogP contribution in [0.3, 0.4) is 0 Å². The van der Waals surface area contributed by atoms with Crippen LogP contribution in [-0.2, 0) is 13.2 Å². The quantitative estimate of drug-likeness (QED) is 0.527. The number of anilines is 1. The van der Waals surface area contributed by atoms with Crippen LogP contribution in [0.5, 0.6) is 17.2 Å². The van der Waals surface area contributed by atoms with Gasteiger partial charge in [0.25, 0.3) is 0 Å². The summed E-state index contributed by atoms with van der Waals surface area (Å²) in [5, 5.41) is 4.21. The van der Waals surface area contributed by atoms with Gasteiger partial charge in [-0.2, -0.15) is 0 Å². The SMILES string of the molecule is Fc1cccc(Cl)c1COc1ccc(Cl)cc1CNc1ccc2c(c1)OCO2. The first kappa shape index (κ1) is 18.7. The molecule has 1 heterocycles. The molecule has 0 atom stereocenters. The second kappa shape index (κ2) is 8.17. The lowest BCUT2D eigenvalue weighted by atomic mass is 10.2. The van der Waals surface area contributed by atoms with Gasteiger partial charge in [-0.15, -0.1) is 0 Å². The third kappa shape index (κ3) is 4.11. The molecule has 0 fully saturated rings. The molecule has 0 amide bonds. The summed E-state index contributed by atoms with van der Waals surface area (Å²) >= 11 is 12.2. The number of ether oxygens (including phenoxy) is 3. The molecule has 3 aromatic rings. The molecule has 0 spiro atoms. The minimum absolute atomic E-state index is 0.0180. The lowest BCUT2D eigenvalue weighted by Crippen LogP contribution is -2.05. The Morgan fingerprint density at radius 1 is 1.00 bits per heavy atom. The second-order valence-electron chi connectivity index (χ2n) is 6.16. The van der Waals surface area contributed by atoms with Gasteiger partial charge in [0.2, 0.25) is 6.79 Å². The monoisotopic (exact) mass is 419 g/mol. The Kier molecular flexibility index (Phi) is 5.46. The van der Waals surface area contributed by atoms with E-state index in [1.807, 2.05) is 18.2 Å². The van der Waals surface area contributed by atoms with Crippen LogP contribution in [0.2, 0.25) is 10.0 Å². The number of hydrogen-bond donors (Lipinski definition) is 1. The van der Waals surface area contributed by atoms with Crippen molar-refractivity contribution in [3.63, 3.8) is 0 Å². The van der Waals surface area contributed by atoms with E-state index in [2.05, 4.69) is 5.32 Å². The van der Waals surface area contributed by atoms with Gasteiger partial charge in [-0.25, -0.2) is 4.39 Å². The van der Waals surface area contributed by atoms with E-state index in [-0.39, 0.29) is 13.4 Å². The van der Waals surface area contributed by atoms with Crippen LogP contribution >= 0.6 is 23.2 Å². The Balaban J connectivity index is 1.49. The highest BCUT2D eigenvalue weighted by Gasteiger charge is 2.14. The van der Waals surface area contributed by atoms with Gasteiger partial charge in [-0.3, -0.25) is 0 Å². The van der Waals surface area contributed by atoms with Crippen LogP contribution in [0, 0.1) is 5.82 Å². The van der Waals surface area contributed by atoms with E-state index in [4.69, 9.17) is 37.4 Å². The Hall–Kier alpha value is -2.63. The average Bonchev–Trinajstić information content (AvgIpc) is 3.15. The van der Waals surface area contributed by atoms with Gasteiger partial charge < -0.3 is 19.5 Å². The molecule has 0 bridgehead atoms. The molecular formula is C21H16Cl2FNO3. The van der Waals surface area contributed by atoms with Crippen molar-refractivity contribution in [1.29, 1.82) is 0 Å². The lowest BCUT2D eigenvalue weighted by molar-refractivity contribution is 0.174. The summed E-state index contributed by atoms with van der Waals surface area (Å²) < 4.78 is 30.5. The highest BCUT2D eigenvalue weighted by atomic mass is 35.5. The summed E-state index contributed by atoms with van der Waals surface area (Å²) in [6.07, 6.45) is 0. The van der Waals surface area contributed by atoms with Crippen molar-refractivity contribution in [2.24, 2.45) is 0 Å². The molecule has 28 heavy (non-hydrogen) atoms. The van der Waals surface area contributed by atoms with Gasteiger partial charge in [0, 0.05) is 34.4 Å². The summed E-state index contributed by atoms with van der Waals surface area (Å²) in [5.41, 5.74) is 2.01. The number of hydrogen-bond acceptors (Lipinski definition) is 4. The first-order valence-corrected chi connectivity index (χ1v) is 9.33. The smallest absolute Gasteiger partial charge is 0.231 e. The predicted octanol–water partition coefficient (Wildman–Crippen LogP) is 6.05. The first-order chi connectivity index (χ1) is 13.6. The van der Waals surface area contributed by atoms with Gasteiger partial charge >= 0.3 is 0 Å². The fraction of sp³-hybridized carbons (Fsp3) is 0.143. The van der Waals surface area contributed by atoms with Crippen molar-refractivity contribution in [2.45, 2.75) is 13.2 Å². The fourth-order valence-corrected chi connectivity index (χ4v) is 3.26. The van der Waals surface area contributed by atoms with Crippen LogP contribution in [-0.4, -0.2) is 6.79 Å². The van der Waals surface area contributed by atoms with Crippen LogP contribution in [0.1, 0.15) is 11.1 Å². The van der Waals surface area contributed by atoms with Gasteiger partial charge in [0.05, 0.1) is 5.02 Å². The predicted molar refractivity (Wildman–Crippen MR) is 107 cm³/mol. The zero-order valence-corrected chi connectivity index (χ0v) is 16.2. The van der Waals surface area contributed by atoms with Gasteiger partial charge in [-0.05, 0) is 42.5 Å². The Bertz CT molecular complexity index is 993. The maximum absolute atomic E-state index is 14.0. The molecule has 0 unspecified atom stereocenters. The molecule has 7 heteroatoms. The third-order valence-corrected chi connectivity index (χ3v) is 4.90. The molecule has 0 aliphatic carbocycles. The van der Waals surface area contributed by atoms with E-state index in [0.29, 0.717) is 33.7 Å². The molecule has 0 saturated heterocycles. The third-order valence-electron chi connectivity index (χ3n) is 4.31. The molecule has 0 saturated carbocycles. The Labute approximate surface area is 171 Å². The van der Waals surface area contributed by atoms with Crippen LogP contribution < -0.4 is 19.5 Å². The second-order valence-corrected chi connectivity index (χ2v) is 7.01. The summed E-state index contributed by atoms with van der Waals surface area (Å²) in [6.45, 7) is 0.703. The Morgan fingerprint density at radius 2 is 1.86 bits per heavy atom. The van der Waals surface area contributed by atoms with Gasteiger partial charge in [0.15, 0.2) is 11.5 Å². The number of halogens is 3. The maximum atomic E-state index is 14.0. The van der Waals surface area contributed by atoms with Crippen molar-refractivity contribution in [3.05, 3.63) is 81.6 Å². The number of nitrogens with one attached hydrogen (secondary N) is 1. The number of benzene rings is 3. The van der Waals surface area contributed by atoms with E-state index in [1.54, 1.807) is 30.3 Å².